The normalized spacial score (nSPS) is 17.8. The predicted molar refractivity (Wildman–Crippen MR) is 84.6 cm³/mol. The number of hydrogen-bond donors (Lipinski definition) is 0. The number of benzene rings is 1. The molecule has 0 saturated carbocycles. The molecule has 0 radical (unpaired) electrons. The number of halogens is 5. The van der Waals surface area contributed by atoms with Gasteiger partial charge in [0.15, 0.2) is 0 Å². The Morgan fingerprint density at radius 1 is 1.17 bits per heavy atom. The zero-order chi connectivity index (χ0) is 16.5. The van der Waals surface area contributed by atoms with Crippen LogP contribution in [0.25, 0.3) is 0 Å². The third kappa shape index (κ3) is 4.51. The molecule has 1 aliphatic rings. The van der Waals surface area contributed by atoms with Crippen molar-refractivity contribution in [2.24, 2.45) is 0 Å². The van der Waals surface area contributed by atoms with Gasteiger partial charge in [-0.15, -0.1) is 12.4 Å². The molecule has 1 aromatic rings. The minimum Gasteiger partial charge on any atom is -0.301 e. The Balaban J connectivity index is 0.00000264. The van der Waals surface area contributed by atoms with E-state index >= 15 is 0 Å². The number of sulfonamides is 1. The van der Waals surface area contributed by atoms with E-state index in [1.54, 1.807) is 0 Å². The largest absolute Gasteiger partial charge is 0.417 e. The van der Waals surface area contributed by atoms with Gasteiger partial charge in [0.2, 0.25) is 10.0 Å². The van der Waals surface area contributed by atoms with E-state index in [1.165, 1.54) is 4.31 Å². The lowest BCUT2D eigenvalue weighted by molar-refractivity contribution is -0.137. The molecular formula is C13H17Cl2F3N2O2S. The highest BCUT2D eigenvalue weighted by Gasteiger charge is 2.36. The van der Waals surface area contributed by atoms with Crippen LogP contribution in [0.4, 0.5) is 13.2 Å². The fourth-order valence-electron chi connectivity index (χ4n) is 2.32. The van der Waals surface area contributed by atoms with E-state index in [-0.39, 0.29) is 30.4 Å². The second-order valence-electron chi connectivity index (χ2n) is 4.98. The van der Waals surface area contributed by atoms with Gasteiger partial charge in [-0.3, -0.25) is 0 Å². The summed E-state index contributed by atoms with van der Waals surface area (Å²) < 4.78 is 64.7. The molecule has 0 bridgehead atoms. The summed E-state index contributed by atoms with van der Waals surface area (Å²) in [5.41, 5.74) is -1.14. The van der Waals surface area contributed by atoms with Crippen LogP contribution in [0.2, 0.25) is 5.02 Å². The Labute approximate surface area is 144 Å². The average Bonchev–Trinajstić information content (AvgIpc) is 2.46. The van der Waals surface area contributed by atoms with E-state index in [2.05, 4.69) is 4.90 Å². The summed E-state index contributed by atoms with van der Waals surface area (Å²) >= 11 is 5.52. The minimum absolute atomic E-state index is 0. The van der Waals surface area contributed by atoms with Crippen LogP contribution in [0.3, 0.4) is 0 Å². The standard InChI is InChI=1S/C13H16ClF3N2O2S.ClH/c1-2-18-5-7-19(8-6-18)22(20,21)10-3-4-12(14)11(9-10)13(15,16)17;/h3-4,9H,2,5-8H2,1H3;1H. The average molecular weight is 393 g/mol. The fourth-order valence-corrected chi connectivity index (χ4v) is 3.99. The monoisotopic (exact) mass is 392 g/mol. The van der Waals surface area contributed by atoms with Gasteiger partial charge in [0, 0.05) is 26.2 Å². The van der Waals surface area contributed by atoms with Gasteiger partial charge in [-0.05, 0) is 24.7 Å². The number of piperazine rings is 1. The smallest absolute Gasteiger partial charge is 0.301 e. The summed E-state index contributed by atoms with van der Waals surface area (Å²) in [6, 6.07) is 2.68. The summed E-state index contributed by atoms with van der Waals surface area (Å²) in [7, 11) is -3.95. The van der Waals surface area contributed by atoms with Gasteiger partial charge in [0.25, 0.3) is 0 Å². The molecule has 0 aromatic heterocycles. The maximum Gasteiger partial charge on any atom is 0.417 e. The first-order valence-electron chi connectivity index (χ1n) is 6.75. The lowest BCUT2D eigenvalue weighted by atomic mass is 10.2. The molecule has 10 heteroatoms. The molecule has 1 aromatic carbocycles. The van der Waals surface area contributed by atoms with Crippen molar-refractivity contribution in [1.82, 2.24) is 9.21 Å². The van der Waals surface area contributed by atoms with Crippen molar-refractivity contribution in [1.29, 1.82) is 0 Å². The minimum atomic E-state index is -4.69. The van der Waals surface area contributed by atoms with Crippen molar-refractivity contribution in [3.63, 3.8) is 0 Å². The molecule has 132 valence electrons. The Bertz CT molecular complexity index is 645. The number of likely N-dealkylation sites (N-methyl/N-ethyl adjacent to an activating group) is 1. The van der Waals surface area contributed by atoms with Crippen LogP contribution in [0.1, 0.15) is 12.5 Å². The molecule has 0 amide bonds. The lowest BCUT2D eigenvalue weighted by Gasteiger charge is -2.33. The second kappa shape index (κ2) is 7.57. The molecule has 0 spiro atoms. The fraction of sp³-hybridized carbons (Fsp3) is 0.538. The highest BCUT2D eigenvalue weighted by atomic mass is 35.5. The Morgan fingerprint density at radius 3 is 2.22 bits per heavy atom. The van der Waals surface area contributed by atoms with Gasteiger partial charge in [-0.25, -0.2) is 8.42 Å². The van der Waals surface area contributed by atoms with Crippen LogP contribution < -0.4 is 0 Å². The van der Waals surface area contributed by atoms with Gasteiger partial charge in [-0.2, -0.15) is 17.5 Å². The van der Waals surface area contributed by atoms with Crippen molar-refractivity contribution >= 4 is 34.0 Å². The van der Waals surface area contributed by atoms with Crippen molar-refractivity contribution in [2.75, 3.05) is 32.7 Å². The van der Waals surface area contributed by atoms with E-state index in [1.807, 2.05) is 6.92 Å². The molecular weight excluding hydrogens is 376 g/mol. The molecule has 1 saturated heterocycles. The number of alkyl halides is 3. The van der Waals surface area contributed by atoms with Crippen LogP contribution in [0.5, 0.6) is 0 Å². The van der Waals surface area contributed by atoms with Gasteiger partial charge in [-0.1, -0.05) is 18.5 Å². The SMILES string of the molecule is CCN1CCN(S(=O)(=O)c2ccc(Cl)c(C(F)(F)F)c2)CC1.Cl. The number of nitrogens with zero attached hydrogens (tertiary/aromatic N) is 2. The molecule has 0 aliphatic carbocycles. The first-order chi connectivity index (χ1) is 10.2. The van der Waals surface area contributed by atoms with E-state index in [0.29, 0.717) is 19.2 Å². The summed E-state index contributed by atoms with van der Waals surface area (Å²) in [5.74, 6) is 0. The molecule has 1 heterocycles. The van der Waals surface area contributed by atoms with Crippen LogP contribution in [-0.4, -0.2) is 50.3 Å². The third-order valence-corrected chi connectivity index (χ3v) is 5.88. The molecule has 0 unspecified atom stereocenters. The highest BCUT2D eigenvalue weighted by molar-refractivity contribution is 7.89. The van der Waals surface area contributed by atoms with Crippen LogP contribution in [0.15, 0.2) is 23.1 Å². The van der Waals surface area contributed by atoms with Crippen LogP contribution in [0, 0.1) is 0 Å². The van der Waals surface area contributed by atoms with Crippen LogP contribution in [-0.2, 0) is 16.2 Å². The van der Waals surface area contributed by atoms with Gasteiger partial charge < -0.3 is 4.90 Å². The van der Waals surface area contributed by atoms with Crippen molar-refractivity contribution in [3.05, 3.63) is 28.8 Å². The van der Waals surface area contributed by atoms with E-state index in [9.17, 15) is 21.6 Å². The van der Waals surface area contributed by atoms with Gasteiger partial charge >= 0.3 is 6.18 Å². The Kier molecular flexibility index (Phi) is 6.74. The van der Waals surface area contributed by atoms with Gasteiger partial charge in [0.05, 0.1) is 15.5 Å². The molecule has 23 heavy (non-hydrogen) atoms. The van der Waals surface area contributed by atoms with Gasteiger partial charge in [0.1, 0.15) is 0 Å². The second-order valence-corrected chi connectivity index (χ2v) is 7.32. The highest BCUT2D eigenvalue weighted by Crippen LogP contribution is 2.36. The lowest BCUT2D eigenvalue weighted by Crippen LogP contribution is -2.48. The molecule has 1 fully saturated rings. The maximum atomic E-state index is 12.9. The van der Waals surface area contributed by atoms with E-state index < -0.39 is 26.8 Å². The first-order valence-corrected chi connectivity index (χ1v) is 8.57. The molecule has 0 N–H and O–H groups in total. The molecule has 4 nitrogen and oxygen atoms in total. The Hall–Kier alpha value is -0.540. The Morgan fingerprint density at radius 2 is 1.74 bits per heavy atom. The van der Waals surface area contributed by atoms with Crippen molar-refractivity contribution in [2.45, 2.75) is 18.0 Å². The van der Waals surface area contributed by atoms with Crippen molar-refractivity contribution in [3.8, 4) is 0 Å². The summed E-state index contributed by atoms with van der Waals surface area (Å²) in [6.07, 6.45) is -4.69. The zero-order valence-electron chi connectivity index (χ0n) is 12.3. The zero-order valence-corrected chi connectivity index (χ0v) is 14.7. The van der Waals surface area contributed by atoms with E-state index in [0.717, 1.165) is 18.7 Å². The molecule has 2 rings (SSSR count). The van der Waals surface area contributed by atoms with Crippen LogP contribution >= 0.6 is 24.0 Å². The number of hydrogen-bond acceptors (Lipinski definition) is 3. The topological polar surface area (TPSA) is 40.6 Å². The third-order valence-electron chi connectivity index (χ3n) is 3.66. The number of rotatable bonds is 3. The van der Waals surface area contributed by atoms with Crippen molar-refractivity contribution < 1.29 is 21.6 Å². The predicted octanol–water partition coefficient (Wildman–Crippen LogP) is 3.11. The summed E-state index contributed by atoms with van der Waals surface area (Å²) in [4.78, 5) is 1.70. The summed E-state index contributed by atoms with van der Waals surface area (Å²) in [5, 5.41) is -0.512. The maximum absolute atomic E-state index is 12.9. The molecule has 1 aliphatic heterocycles. The molecule has 0 atom stereocenters. The van der Waals surface area contributed by atoms with E-state index in [4.69, 9.17) is 11.6 Å². The first kappa shape index (κ1) is 20.5. The quantitative estimate of drug-likeness (QED) is 0.793. The summed E-state index contributed by atoms with van der Waals surface area (Å²) in [6.45, 7) is 4.44.